The Morgan fingerprint density at radius 2 is 1.78 bits per heavy atom. The Hall–Kier alpha value is -1.67. The van der Waals surface area contributed by atoms with E-state index in [2.05, 4.69) is 10.2 Å². The number of carbonyl (C=O) groups is 3. The molecular weight excluding hydrogens is 302 g/mol. The average molecular weight is 327 g/mol. The van der Waals surface area contributed by atoms with E-state index >= 15 is 0 Å². The van der Waals surface area contributed by atoms with Crippen LogP contribution in [0.3, 0.4) is 0 Å². The quantitative estimate of drug-likeness (QED) is 0.616. The van der Waals surface area contributed by atoms with Gasteiger partial charge in [0.2, 0.25) is 5.91 Å². The van der Waals surface area contributed by atoms with Crippen molar-refractivity contribution in [3.63, 3.8) is 0 Å². The zero-order valence-corrected chi connectivity index (χ0v) is 13.8. The van der Waals surface area contributed by atoms with Crippen molar-refractivity contribution in [2.75, 3.05) is 33.2 Å². The maximum atomic E-state index is 12.7. The molecule has 0 radical (unpaired) electrons. The number of piperazine rings is 1. The van der Waals surface area contributed by atoms with Crippen molar-refractivity contribution in [1.82, 2.24) is 15.1 Å². The highest BCUT2D eigenvalue weighted by Crippen LogP contribution is 2.23. The number of likely N-dealkylation sites (N-methyl/N-ethyl adjacent to an activating group) is 1. The molecule has 0 aliphatic carbocycles. The maximum absolute atomic E-state index is 12.7. The smallest absolute Gasteiger partial charge is 0.336 e. The van der Waals surface area contributed by atoms with Gasteiger partial charge in [0.25, 0.3) is 5.91 Å². The van der Waals surface area contributed by atoms with Crippen molar-refractivity contribution in [3.05, 3.63) is 0 Å². The molecular formula is C15H25N3O5. The van der Waals surface area contributed by atoms with E-state index in [1.165, 1.54) is 0 Å². The van der Waals surface area contributed by atoms with Gasteiger partial charge in [-0.3, -0.25) is 9.59 Å². The van der Waals surface area contributed by atoms with Crippen LogP contribution in [0.15, 0.2) is 0 Å². The van der Waals surface area contributed by atoms with Crippen LogP contribution in [0, 0.1) is 5.92 Å². The van der Waals surface area contributed by atoms with Gasteiger partial charge >= 0.3 is 5.97 Å². The fourth-order valence-electron chi connectivity index (χ4n) is 2.69. The maximum Gasteiger partial charge on any atom is 0.336 e. The van der Waals surface area contributed by atoms with Gasteiger partial charge in [0.05, 0.1) is 0 Å². The summed E-state index contributed by atoms with van der Waals surface area (Å²) in [5, 5.41) is 11.5. The van der Waals surface area contributed by atoms with E-state index < -0.39 is 30.1 Å². The molecule has 0 saturated carbocycles. The number of carbonyl (C=O) groups excluding carboxylic acids is 2. The van der Waals surface area contributed by atoms with Crippen molar-refractivity contribution in [3.8, 4) is 0 Å². The number of nitrogens with zero attached hydrogens (tertiary/aromatic N) is 2. The summed E-state index contributed by atoms with van der Waals surface area (Å²) in [7, 11) is 2.01. The van der Waals surface area contributed by atoms with E-state index in [4.69, 9.17) is 9.84 Å². The van der Waals surface area contributed by atoms with E-state index in [0.717, 1.165) is 13.1 Å². The van der Waals surface area contributed by atoms with Crippen LogP contribution >= 0.6 is 0 Å². The molecule has 8 nitrogen and oxygen atoms in total. The third kappa shape index (κ3) is 4.65. The summed E-state index contributed by atoms with van der Waals surface area (Å²) < 4.78 is 4.84. The number of epoxide rings is 1. The molecule has 0 aromatic heterocycles. The summed E-state index contributed by atoms with van der Waals surface area (Å²) in [6, 6.07) is -0.635. The number of hydrogen-bond donors (Lipinski definition) is 2. The van der Waals surface area contributed by atoms with Gasteiger partial charge in [0.15, 0.2) is 12.2 Å². The van der Waals surface area contributed by atoms with Gasteiger partial charge in [0, 0.05) is 26.2 Å². The van der Waals surface area contributed by atoms with Crippen LogP contribution in [-0.4, -0.2) is 84.2 Å². The van der Waals surface area contributed by atoms with Crippen LogP contribution in [0.2, 0.25) is 0 Å². The molecule has 2 heterocycles. The Labute approximate surface area is 135 Å². The predicted octanol–water partition coefficient (Wildman–Crippen LogP) is -0.857. The molecule has 2 rings (SSSR count). The van der Waals surface area contributed by atoms with Crippen LogP contribution < -0.4 is 5.32 Å². The minimum absolute atomic E-state index is 0.104. The van der Waals surface area contributed by atoms with Gasteiger partial charge in [-0.1, -0.05) is 13.8 Å². The second-order valence-corrected chi connectivity index (χ2v) is 6.63. The summed E-state index contributed by atoms with van der Waals surface area (Å²) in [5.41, 5.74) is 0. The van der Waals surface area contributed by atoms with Crippen LogP contribution in [-0.2, 0) is 19.1 Å². The molecule has 8 heteroatoms. The molecule has 2 N–H and O–H groups in total. The first-order chi connectivity index (χ1) is 10.8. The van der Waals surface area contributed by atoms with Crippen molar-refractivity contribution < 1.29 is 24.2 Å². The van der Waals surface area contributed by atoms with Crippen LogP contribution in [0.25, 0.3) is 0 Å². The highest BCUT2D eigenvalue weighted by atomic mass is 16.6. The first-order valence-corrected chi connectivity index (χ1v) is 7.95. The second kappa shape index (κ2) is 7.27. The lowest BCUT2D eigenvalue weighted by Gasteiger charge is -2.35. The normalized spacial score (nSPS) is 26.0. The fraction of sp³-hybridized carbons (Fsp3) is 0.800. The Bertz CT molecular complexity index is 474. The first kappa shape index (κ1) is 17.7. The van der Waals surface area contributed by atoms with Crippen LogP contribution in [0.4, 0.5) is 0 Å². The molecule has 0 spiro atoms. The van der Waals surface area contributed by atoms with Gasteiger partial charge in [-0.25, -0.2) is 4.79 Å². The topological polar surface area (TPSA) is 102 Å². The Kier molecular flexibility index (Phi) is 5.59. The third-order valence-electron chi connectivity index (χ3n) is 4.13. The van der Waals surface area contributed by atoms with E-state index in [0.29, 0.717) is 19.5 Å². The summed E-state index contributed by atoms with van der Waals surface area (Å²) in [6.45, 7) is 6.84. The summed E-state index contributed by atoms with van der Waals surface area (Å²) in [5.74, 6) is -1.55. The number of carboxylic acids is 1. The fourth-order valence-corrected chi connectivity index (χ4v) is 2.69. The molecule has 0 aromatic rings. The third-order valence-corrected chi connectivity index (χ3v) is 4.13. The lowest BCUT2D eigenvalue weighted by molar-refractivity contribution is -0.138. The van der Waals surface area contributed by atoms with Crippen LogP contribution in [0.1, 0.15) is 20.3 Å². The molecule has 3 atom stereocenters. The lowest BCUT2D eigenvalue weighted by atomic mass is 10.0. The van der Waals surface area contributed by atoms with Crippen molar-refractivity contribution in [1.29, 1.82) is 0 Å². The lowest BCUT2D eigenvalue weighted by Crippen LogP contribution is -2.55. The van der Waals surface area contributed by atoms with Crippen LogP contribution in [0.5, 0.6) is 0 Å². The zero-order valence-electron chi connectivity index (χ0n) is 13.8. The van der Waals surface area contributed by atoms with Crippen molar-refractivity contribution in [2.24, 2.45) is 5.92 Å². The minimum atomic E-state index is -1.16. The van der Waals surface area contributed by atoms with Gasteiger partial charge < -0.3 is 25.0 Å². The molecule has 2 aliphatic rings. The Morgan fingerprint density at radius 3 is 2.26 bits per heavy atom. The SMILES string of the molecule is CC(C)C[C@H](NC(=O)[C@H]1O[C@@H]1C(=O)O)C(=O)N1CCN(C)CC1. The molecule has 23 heavy (non-hydrogen) atoms. The summed E-state index contributed by atoms with van der Waals surface area (Å²) in [6.07, 6.45) is -1.56. The number of hydrogen-bond acceptors (Lipinski definition) is 5. The monoisotopic (exact) mass is 327 g/mol. The molecule has 2 fully saturated rings. The Morgan fingerprint density at radius 1 is 1.17 bits per heavy atom. The van der Waals surface area contributed by atoms with Gasteiger partial charge in [-0.2, -0.15) is 0 Å². The van der Waals surface area contributed by atoms with E-state index in [1.54, 1.807) is 4.90 Å². The molecule has 2 amide bonds. The number of amides is 2. The standard InChI is InChI=1S/C15H25N3O5/c1-9(2)8-10(14(20)18-6-4-17(3)5-7-18)16-13(19)11-12(23-11)15(21)22/h9-12H,4-8H2,1-3H3,(H,16,19)(H,21,22)/t10-,11-,12-/m0/s1. The van der Waals surface area contributed by atoms with E-state index in [9.17, 15) is 14.4 Å². The minimum Gasteiger partial charge on any atom is -0.479 e. The molecule has 2 saturated heterocycles. The number of rotatable bonds is 6. The van der Waals surface area contributed by atoms with Crippen molar-refractivity contribution >= 4 is 17.8 Å². The van der Waals surface area contributed by atoms with Crippen molar-refractivity contribution in [2.45, 2.75) is 38.5 Å². The molecule has 0 unspecified atom stereocenters. The van der Waals surface area contributed by atoms with Gasteiger partial charge in [-0.15, -0.1) is 0 Å². The molecule has 2 aliphatic heterocycles. The summed E-state index contributed by atoms with van der Waals surface area (Å²) in [4.78, 5) is 39.4. The highest BCUT2D eigenvalue weighted by Gasteiger charge is 2.51. The number of ether oxygens (including phenoxy) is 1. The average Bonchev–Trinajstić information content (AvgIpc) is 3.27. The van der Waals surface area contributed by atoms with E-state index in [-0.39, 0.29) is 11.8 Å². The largest absolute Gasteiger partial charge is 0.479 e. The second-order valence-electron chi connectivity index (χ2n) is 6.63. The first-order valence-electron chi connectivity index (χ1n) is 7.95. The highest BCUT2D eigenvalue weighted by molar-refractivity contribution is 5.95. The van der Waals surface area contributed by atoms with Gasteiger partial charge in [0.1, 0.15) is 6.04 Å². The van der Waals surface area contributed by atoms with Gasteiger partial charge in [-0.05, 0) is 19.4 Å². The zero-order chi connectivity index (χ0) is 17.1. The summed E-state index contributed by atoms with van der Waals surface area (Å²) >= 11 is 0. The molecule has 0 bridgehead atoms. The molecule has 130 valence electrons. The van der Waals surface area contributed by atoms with E-state index in [1.807, 2.05) is 20.9 Å². The number of nitrogens with one attached hydrogen (secondary N) is 1. The Balaban J connectivity index is 1.95. The number of carboxylic acid groups (broad SMARTS) is 1. The predicted molar refractivity (Wildman–Crippen MR) is 81.8 cm³/mol. The molecule has 0 aromatic carbocycles. The number of aliphatic carboxylic acids is 1.